The molecular formula is C25H32N2O6S. The molecule has 0 bridgehead atoms. The first-order chi connectivity index (χ1) is 16.5. The van der Waals surface area contributed by atoms with Crippen LogP contribution in [-0.2, 0) is 11.4 Å². The molecule has 0 radical (unpaired) electrons. The first-order valence-corrected chi connectivity index (χ1v) is 11.7. The number of aromatic nitrogens is 1. The van der Waals surface area contributed by atoms with E-state index in [1.807, 2.05) is 40.7 Å². The van der Waals surface area contributed by atoms with Gasteiger partial charge in [-0.2, -0.15) is 0 Å². The molecule has 184 valence electrons. The number of carbonyl (C=O) groups is 2. The van der Waals surface area contributed by atoms with E-state index in [2.05, 4.69) is 10.3 Å². The third-order valence-electron chi connectivity index (χ3n) is 3.98. The Morgan fingerprint density at radius 1 is 1.18 bits per heavy atom. The zero-order chi connectivity index (χ0) is 25.5. The molecule has 0 aliphatic heterocycles. The molecule has 2 heterocycles. The van der Waals surface area contributed by atoms with Crippen LogP contribution in [-0.4, -0.2) is 23.7 Å². The number of allylic oxidation sites excluding steroid dienone is 1. The van der Waals surface area contributed by atoms with Crippen molar-refractivity contribution in [3.05, 3.63) is 58.5 Å². The van der Waals surface area contributed by atoms with Gasteiger partial charge in [0.1, 0.15) is 18.1 Å². The molecule has 9 heteroatoms. The summed E-state index contributed by atoms with van der Waals surface area (Å²) in [6, 6.07) is 8.94. The Morgan fingerprint density at radius 3 is 2.53 bits per heavy atom. The maximum Gasteiger partial charge on any atom is 0.289 e. The lowest BCUT2D eigenvalue weighted by molar-refractivity contribution is -0.108. The number of ether oxygens (including phenoxy) is 2. The lowest BCUT2D eigenvalue weighted by atomic mass is 10.2. The molecule has 0 aliphatic carbocycles. The predicted octanol–water partition coefficient (Wildman–Crippen LogP) is 6.84. The van der Waals surface area contributed by atoms with Gasteiger partial charge < -0.3 is 18.3 Å². The maximum atomic E-state index is 11.5. The molecule has 3 aromatic rings. The van der Waals surface area contributed by atoms with E-state index in [9.17, 15) is 9.59 Å². The molecule has 34 heavy (non-hydrogen) atoms. The van der Waals surface area contributed by atoms with E-state index in [1.165, 1.54) is 0 Å². The van der Waals surface area contributed by atoms with Gasteiger partial charge in [0.05, 0.1) is 13.4 Å². The molecule has 0 unspecified atom stereocenters. The molecule has 8 nitrogen and oxygen atoms in total. The summed E-state index contributed by atoms with van der Waals surface area (Å²) in [5, 5.41) is 1.64. The van der Waals surface area contributed by atoms with E-state index >= 15 is 0 Å². The van der Waals surface area contributed by atoms with E-state index in [0.717, 1.165) is 17.3 Å². The Bertz CT molecular complexity index is 1060. The summed E-state index contributed by atoms with van der Waals surface area (Å²) in [5.74, 6) is 2.66. The second-order valence-electron chi connectivity index (χ2n) is 6.10. The second-order valence-corrected chi connectivity index (χ2v) is 7.32. The maximum absolute atomic E-state index is 11.5. The number of oxazole rings is 1. The van der Waals surface area contributed by atoms with Gasteiger partial charge in [-0.15, -0.1) is 0 Å². The topological polar surface area (TPSA) is 104 Å². The third kappa shape index (κ3) is 8.47. The van der Waals surface area contributed by atoms with E-state index in [1.54, 1.807) is 50.6 Å². The summed E-state index contributed by atoms with van der Waals surface area (Å²) in [7, 11) is 1.55. The Hall–Kier alpha value is -3.46. The number of furan rings is 1. The van der Waals surface area contributed by atoms with Crippen molar-refractivity contribution in [3.8, 4) is 23.1 Å². The highest BCUT2D eigenvalue weighted by Crippen LogP contribution is 2.31. The van der Waals surface area contributed by atoms with Gasteiger partial charge in [-0.25, -0.2) is 4.98 Å². The number of amides is 2. The molecule has 0 fully saturated rings. The van der Waals surface area contributed by atoms with Gasteiger partial charge in [-0.05, 0) is 66.4 Å². The van der Waals surface area contributed by atoms with E-state index < -0.39 is 5.24 Å². The van der Waals surface area contributed by atoms with Crippen molar-refractivity contribution < 1.29 is 27.9 Å². The van der Waals surface area contributed by atoms with Crippen LogP contribution < -0.4 is 14.8 Å². The van der Waals surface area contributed by atoms with Crippen molar-refractivity contribution >= 4 is 29.5 Å². The van der Waals surface area contributed by atoms with E-state index in [-0.39, 0.29) is 6.61 Å². The number of methoxy groups -OCH3 is 1. The van der Waals surface area contributed by atoms with Crippen molar-refractivity contribution in [2.24, 2.45) is 0 Å². The zero-order valence-corrected chi connectivity index (χ0v) is 21.4. The number of nitrogens with zero attached hydrogens (tertiary/aromatic N) is 1. The Balaban J connectivity index is 0.00000137. The van der Waals surface area contributed by atoms with Crippen LogP contribution in [0.1, 0.15) is 51.6 Å². The Labute approximate surface area is 204 Å². The summed E-state index contributed by atoms with van der Waals surface area (Å²) >= 11 is 0.928. The van der Waals surface area contributed by atoms with Crippen molar-refractivity contribution in [1.82, 2.24) is 10.3 Å². The molecule has 0 saturated heterocycles. The Morgan fingerprint density at radius 2 is 1.91 bits per heavy atom. The molecule has 0 aliphatic rings. The highest BCUT2D eigenvalue weighted by Gasteiger charge is 2.15. The number of imide groups is 1. The fourth-order valence-electron chi connectivity index (χ4n) is 2.59. The minimum Gasteiger partial charge on any atom is -0.493 e. The first-order valence-electron chi connectivity index (χ1n) is 10.9. The predicted molar refractivity (Wildman–Crippen MR) is 135 cm³/mol. The number of hydrogen-bond acceptors (Lipinski definition) is 8. The molecule has 1 aromatic carbocycles. The van der Waals surface area contributed by atoms with Crippen molar-refractivity contribution in [1.29, 1.82) is 0 Å². The number of aryl methyl sites for hydroxylation is 1. The summed E-state index contributed by atoms with van der Waals surface area (Å²) in [6.45, 7) is 11.8. The van der Waals surface area contributed by atoms with Gasteiger partial charge in [0.25, 0.3) is 11.1 Å². The largest absolute Gasteiger partial charge is 0.493 e. The fraction of sp³-hybridized carbons (Fsp3) is 0.320. The van der Waals surface area contributed by atoms with Gasteiger partial charge in [0.2, 0.25) is 6.41 Å². The van der Waals surface area contributed by atoms with Crippen LogP contribution in [0.5, 0.6) is 11.5 Å². The second kappa shape index (κ2) is 15.4. The van der Waals surface area contributed by atoms with E-state index in [4.69, 9.17) is 18.3 Å². The van der Waals surface area contributed by atoms with Crippen molar-refractivity contribution in [2.75, 3.05) is 7.11 Å². The van der Waals surface area contributed by atoms with Crippen molar-refractivity contribution in [3.63, 3.8) is 0 Å². The van der Waals surface area contributed by atoms with Crippen LogP contribution in [0.4, 0.5) is 4.79 Å². The average Bonchev–Trinajstić information content (AvgIpc) is 3.51. The van der Waals surface area contributed by atoms with Crippen LogP contribution in [0, 0.1) is 6.92 Å². The number of rotatable bonds is 8. The number of nitrogens with one attached hydrogen (secondary N) is 1. The number of thioether (sulfide) groups is 1. The quantitative estimate of drug-likeness (QED) is 0.344. The molecule has 3 rings (SSSR count). The van der Waals surface area contributed by atoms with Gasteiger partial charge in [-0.3, -0.25) is 14.9 Å². The standard InChI is InChI=1S/C21H20N2O6S.2C2H6/c1-13(30-21(25)22-12-24)9-15-6-7-17(19(10-15)26-3)28-11-16-14(2)29-20(23-16)18-5-4-8-27-18;2*1-2/h4-10,12H,11H2,1-3H3,(H,22,24,25);2*1-2H3/b13-9+;;. The normalized spacial score (nSPS) is 10.3. The lowest BCUT2D eigenvalue weighted by Gasteiger charge is -2.11. The molecule has 0 spiro atoms. The highest BCUT2D eigenvalue weighted by atomic mass is 32.2. The van der Waals surface area contributed by atoms with Crippen LogP contribution in [0.3, 0.4) is 0 Å². The minimum atomic E-state index is -0.442. The van der Waals surface area contributed by atoms with Gasteiger partial charge >= 0.3 is 0 Å². The SMILES string of the molecule is CC.CC.COc1cc(/C=C(\C)SC(=O)NC=O)ccc1OCc1nc(-c2ccco2)oc1C. The van der Waals surface area contributed by atoms with Crippen LogP contribution in [0.2, 0.25) is 0 Å². The summed E-state index contributed by atoms with van der Waals surface area (Å²) in [5.41, 5.74) is 1.47. The van der Waals surface area contributed by atoms with Crippen molar-refractivity contribution in [2.45, 2.75) is 48.1 Å². The van der Waals surface area contributed by atoms with Crippen LogP contribution in [0.25, 0.3) is 17.7 Å². The van der Waals surface area contributed by atoms with Crippen LogP contribution in [0.15, 0.2) is 50.3 Å². The zero-order valence-electron chi connectivity index (χ0n) is 20.6. The molecule has 2 aromatic heterocycles. The number of hydrogen-bond donors (Lipinski definition) is 1. The first kappa shape index (κ1) is 28.6. The van der Waals surface area contributed by atoms with Crippen LogP contribution >= 0.6 is 11.8 Å². The Kier molecular flexibility index (Phi) is 12.9. The summed E-state index contributed by atoms with van der Waals surface area (Å²) in [4.78, 5) is 26.9. The average molecular weight is 489 g/mol. The molecule has 2 amide bonds. The van der Waals surface area contributed by atoms with Gasteiger partial charge in [-0.1, -0.05) is 33.8 Å². The highest BCUT2D eigenvalue weighted by molar-refractivity contribution is 8.17. The summed E-state index contributed by atoms with van der Waals surface area (Å²) < 4.78 is 22.2. The number of carbonyl (C=O) groups excluding carboxylic acids is 2. The minimum absolute atomic E-state index is 0.197. The van der Waals surface area contributed by atoms with Gasteiger partial charge in [0, 0.05) is 0 Å². The molecular weight excluding hydrogens is 456 g/mol. The van der Waals surface area contributed by atoms with Gasteiger partial charge in [0.15, 0.2) is 17.3 Å². The number of benzene rings is 1. The third-order valence-corrected chi connectivity index (χ3v) is 4.72. The van der Waals surface area contributed by atoms with E-state index in [0.29, 0.717) is 45.9 Å². The summed E-state index contributed by atoms with van der Waals surface area (Å²) in [6.07, 6.45) is 3.71. The monoisotopic (exact) mass is 488 g/mol. The molecule has 0 atom stereocenters. The molecule has 1 N–H and O–H groups in total. The fourth-order valence-corrected chi connectivity index (χ4v) is 3.19. The lowest BCUT2D eigenvalue weighted by Crippen LogP contribution is -2.15. The molecule has 0 saturated carbocycles. The smallest absolute Gasteiger partial charge is 0.289 e.